The van der Waals surface area contributed by atoms with Crippen LogP contribution in [0.15, 0.2) is 83.7 Å². The first kappa shape index (κ1) is 22.9. The van der Waals surface area contributed by atoms with Crippen molar-refractivity contribution in [2.24, 2.45) is 0 Å². The fourth-order valence-electron chi connectivity index (χ4n) is 3.63. The molecule has 1 aromatic heterocycles. The number of rotatable bonds is 4. The predicted octanol–water partition coefficient (Wildman–Crippen LogP) is 3.82. The zero-order valence-corrected chi connectivity index (χ0v) is 19.3. The highest BCUT2D eigenvalue weighted by Gasteiger charge is 2.18. The third kappa shape index (κ3) is 4.88. The van der Waals surface area contributed by atoms with E-state index in [1.165, 1.54) is 4.68 Å². The predicted molar refractivity (Wildman–Crippen MR) is 132 cm³/mol. The zero-order valence-electron chi connectivity index (χ0n) is 19.3. The van der Waals surface area contributed by atoms with Gasteiger partial charge in [0.25, 0.3) is 17.4 Å². The van der Waals surface area contributed by atoms with Crippen molar-refractivity contribution < 1.29 is 9.59 Å². The van der Waals surface area contributed by atoms with Crippen molar-refractivity contribution in [2.75, 3.05) is 0 Å². The van der Waals surface area contributed by atoms with E-state index in [0.717, 1.165) is 11.1 Å². The molecule has 3 aromatic carbocycles. The van der Waals surface area contributed by atoms with E-state index < -0.39 is 11.8 Å². The molecule has 7 heteroatoms. The molecule has 172 valence electrons. The molecule has 0 atom stereocenters. The number of amides is 2. The summed E-state index contributed by atoms with van der Waals surface area (Å²) in [6, 6.07) is 23.4. The van der Waals surface area contributed by atoms with E-state index in [-0.39, 0.29) is 23.2 Å². The highest BCUT2D eigenvalue weighted by atomic mass is 16.2. The number of nitrogens with one attached hydrogen (secondary N) is 2. The molecular formula is C27H26N4O3. The fraction of sp³-hybridized carbons (Fsp3) is 0.185. The smallest absolute Gasteiger partial charge is 0.267 e. The van der Waals surface area contributed by atoms with Gasteiger partial charge in [-0.1, -0.05) is 81.4 Å². The normalized spacial score (nSPS) is 11.3. The van der Waals surface area contributed by atoms with Gasteiger partial charge in [-0.25, -0.2) is 4.68 Å². The van der Waals surface area contributed by atoms with Gasteiger partial charge >= 0.3 is 0 Å². The third-order valence-electron chi connectivity index (χ3n) is 5.56. The molecule has 7 nitrogen and oxygen atoms in total. The van der Waals surface area contributed by atoms with Crippen LogP contribution in [0, 0.1) is 0 Å². The minimum atomic E-state index is -0.613. The van der Waals surface area contributed by atoms with E-state index in [0.29, 0.717) is 16.3 Å². The standard InChI is InChI=1S/C27H26N4O3/c1-27(2,3)20-15-13-19(14-16-20)24(32)28-29-25(33)23-21-11-7-8-12-22(21)26(34)31(30-23)17-18-9-5-4-6-10-18/h4-16H,17H2,1-3H3,(H,28,32)(H,29,33). The van der Waals surface area contributed by atoms with E-state index in [4.69, 9.17) is 0 Å². The fourth-order valence-corrected chi connectivity index (χ4v) is 3.63. The van der Waals surface area contributed by atoms with E-state index >= 15 is 0 Å². The van der Waals surface area contributed by atoms with Crippen LogP contribution >= 0.6 is 0 Å². The Hall–Kier alpha value is -4.26. The Morgan fingerprint density at radius 2 is 1.38 bits per heavy atom. The number of carbonyl (C=O) groups is 2. The van der Waals surface area contributed by atoms with Crippen molar-refractivity contribution in [3.8, 4) is 0 Å². The second-order valence-corrected chi connectivity index (χ2v) is 9.08. The van der Waals surface area contributed by atoms with Gasteiger partial charge in [0.2, 0.25) is 0 Å². The van der Waals surface area contributed by atoms with Gasteiger partial charge in [0.15, 0.2) is 5.69 Å². The largest absolute Gasteiger partial charge is 0.290 e. The van der Waals surface area contributed by atoms with Gasteiger partial charge in [0, 0.05) is 10.9 Å². The van der Waals surface area contributed by atoms with E-state index in [1.54, 1.807) is 36.4 Å². The number of hydrogen-bond donors (Lipinski definition) is 2. The van der Waals surface area contributed by atoms with E-state index in [9.17, 15) is 14.4 Å². The molecule has 0 saturated heterocycles. The lowest BCUT2D eigenvalue weighted by molar-refractivity contribution is 0.0843. The molecule has 0 saturated carbocycles. The first-order valence-corrected chi connectivity index (χ1v) is 11.0. The van der Waals surface area contributed by atoms with Gasteiger partial charge in [-0.3, -0.25) is 25.2 Å². The second kappa shape index (κ2) is 9.31. The van der Waals surface area contributed by atoms with Gasteiger partial charge in [0.05, 0.1) is 11.9 Å². The summed E-state index contributed by atoms with van der Waals surface area (Å²) in [5.74, 6) is -1.06. The molecule has 0 bridgehead atoms. The Bertz CT molecular complexity index is 1400. The van der Waals surface area contributed by atoms with Gasteiger partial charge < -0.3 is 0 Å². The highest BCUT2D eigenvalue weighted by Crippen LogP contribution is 2.22. The molecule has 0 fully saturated rings. The van der Waals surface area contributed by atoms with Crippen LogP contribution in [0.25, 0.3) is 10.8 Å². The van der Waals surface area contributed by atoms with Crippen molar-refractivity contribution >= 4 is 22.6 Å². The lowest BCUT2D eigenvalue weighted by Gasteiger charge is -2.19. The van der Waals surface area contributed by atoms with Gasteiger partial charge in [0.1, 0.15) is 0 Å². The van der Waals surface area contributed by atoms with Crippen LogP contribution in [-0.2, 0) is 12.0 Å². The lowest BCUT2D eigenvalue weighted by Crippen LogP contribution is -2.42. The van der Waals surface area contributed by atoms with Crippen molar-refractivity contribution in [3.05, 3.63) is 112 Å². The first-order valence-electron chi connectivity index (χ1n) is 11.0. The average Bonchev–Trinajstić information content (AvgIpc) is 2.84. The molecular weight excluding hydrogens is 428 g/mol. The summed E-state index contributed by atoms with van der Waals surface area (Å²) in [5, 5.41) is 5.12. The third-order valence-corrected chi connectivity index (χ3v) is 5.56. The maximum absolute atomic E-state index is 13.0. The summed E-state index contributed by atoms with van der Waals surface area (Å²) >= 11 is 0. The molecule has 0 aliphatic rings. The summed E-state index contributed by atoms with van der Waals surface area (Å²) in [6.07, 6.45) is 0. The monoisotopic (exact) mass is 454 g/mol. The zero-order chi connectivity index (χ0) is 24.3. The summed E-state index contributed by atoms with van der Waals surface area (Å²) in [6.45, 7) is 6.50. The van der Waals surface area contributed by atoms with Gasteiger partial charge in [-0.2, -0.15) is 5.10 Å². The number of carbonyl (C=O) groups excluding carboxylic acids is 2. The van der Waals surface area contributed by atoms with Gasteiger partial charge in [-0.05, 0) is 34.7 Å². The number of benzene rings is 3. The second-order valence-electron chi connectivity index (χ2n) is 9.08. The van der Waals surface area contributed by atoms with Crippen LogP contribution in [0.1, 0.15) is 52.7 Å². The minimum absolute atomic E-state index is 0.0290. The first-order chi connectivity index (χ1) is 16.2. The maximum atomic E-state index is 13.0. The molecule has 4 aromatic rings. The molecule has 4 rings (SSSR count). The summed E-state index contributed by atoms with van der Waals surface area (Å²) < 4.78 is 1.26. The van der Waals surface area contributed by atoms with Crippen molar-refractivity contribution in [2.45, 2.75) is 32.7 Å². The maximum Gasteiger partial charge on any atom is 0.290 e. The SMILES string of the molecule is CC(C)(C)c1ccc(C(=O)NNC(=O)c2nn(Cc3ccccc3)c(=O)c3ccccc23)cc1. The molecule has 2 N–H and O–H groups in total. The van der Waals surface area contributed by atoms with Crippen LogP contribution < -0.4 is 16.4 Å². The number of fused-ring (bicyclic) bond motifs is 1. The number of aromatic nitrogens is 2. The molecule has 0 spiro atoms. The molecule has 0 unspecified atom stereocenters. The van der Waals surface area contributed by atoms with Crippen molar-refractivity contribution in [1.29, 1.82) is 0 Å². The van der Waals surface area contributed by atoms with Crippen LogP contribution in [0.2, 0.25) is 0 Å². The Morgan fingerprint density at radius 1 is 0.794 bits per heavy atom. The van der Waals surface area contributed by atoms with Crippen LogP contribution in [-0.4, -0.2) is 21.6 Å². The molecule has 34 heavy (non-hydrogen) atoms. The summed E-state index contributed by atoms with van der Waals surface area (Å²) in [4.78, 5) is 38.5. The summed E-state index contributed by atoms with van der Waals surface area (Å²) in [7, 11) is 0. The number of hydrazine groups is 1. The highest BCUT2D eigenvalue weighted by molar-refractivity contribution is 6.06. The minimum Gasteiger partial charge on any atom is -0.267 e. The Morgan fingerprint density at radius 3 is 2.03 bits per heavy atom. The Labute approximate surface area is 197 Å². The Kier molecular flexibility index (Phi) is 6.27. The number of hydrogen-bond acceptors (Lipinski definition) is 4. The van der Waals surface area contributed by atoms with Crippen LogP contribution in [0.3, 0.4) is 0 Å². The molecule has 0 aliphatic heterocycles. The molecule has 0 radical (unpaired) electrons. The summed E-state index contributed by atoms with van der Waals surface area (Å²) in [5.41, 5.74) is 6.99. The number of nitrogens with zero attached hydrogens (tertiary/aromatic N) is 2. The van der Waals surface area contributed by atoms with Crippen molar-refractivity contribution in [3.63, 3.8) is 0 Å². The van der Waals surface area contributed by atoms with Crippen LogP contribution in [0.5, 0.6) is 0 Å². The van der Waals surface area contributed by atoms with Crippen molar-refractivity contribution in [1.82, 2.24) is 20.6 Å². The topological polar surface area (TPSA) is 93.1 Å². The molecule has 2 amide bonds. The quantitative estimate of drug-likeness (QED) is 0.459. The Balaban J connectivity index is 1.58. The average molecular weight is 455 g/mol. The molecule has 1 heterocycles. The van der Waals surface area contributed by atoms with E-state index in [1.807, 2.05) is 42.5 Å². The van der Waals surface area contributed by atoms with Crippen LogP contribution in [0.4, 0.5) is 0 Å². The lowest BCUT2D eigenvalue weighted by atomic mass is 9.87. The van der Waals surface area contributed by atoms with E-state index in [2.05, 4.69) is 36.7 Å². The van der Waals surface area contributed by atoms with Gasteiger partial charge in [-0.15, -0.1) is 0 Å². The molecule has 0 aliphatic carbocycles.